The predicted octanol–water partition coefficient (Wildman–Crippen LogP) is 3.21. The van der Waals surface area contributed by atoms with Gasteiger partial charge in [-0.05, 0) is 55.0 Å². The summed E-state index contributed by atoms with van der Waals surface area (Å²) in [6, 6.07) is 16.4. The number of hydrazone groups is 1. The minimum absolute atomic E-state index is 0.220. The second-order valence-electron chi connectivity index (χ2n) is 7.78. The third-order valence-corrected chi connectivity index (χ3v) is 5.22. The minimum Gasteiger partial charge on any atom is -0.493 e. The van der Waals surface area contributed by atoms with Crippen molar-refractivity contribution in [3.05, 3.63) is 77.4 Å². The summed E-state index contributed by atoms with van der Waals surface area (Å²) in [6.45, 7) is 1.82. The largest absolute Gasteiger partial charge is 0.493 e. The molecule has 0 fully saturated rings. The van der Waals surface area contributed by atoms with Gasteiger partial charge in [-0.15, -0.1) is 0 Å². The van der Waals surface area contributed by atoms with E-state index in [1.54, 1.807) is 55.5 Å². The molecule has 0 aromatic heterocycles. The summed E-state index contributed by atoms with van der Waals surface area (Å²) in [5, 5.41) is 6.42. The SMILES string of the molecule is CCOc1cc(/C=N/NC(=O)CNC(=O)c2cc(OC)c(OC)c(OC)c2)ccc1OC(=O)c1ccccc1. The first-order chi connectivity index (χ1) is 18.9. The molecule has 11 nitrogen and oxygen atoms in total. The number of amides is 2. The summed E-state index contributed by atoms with van der Waals surface area (Å²) in [4.78, 5) is 37.1. The summed E-state index contributed by atoms with van der Waals surface area (Å²) in [5.41, 5.74) is 3.55. The van der Waals surface area contributed by atoms with E-state index in [4.69, 9.17) is 23.7 Å². The second-order valence-corrected chi connectivity index (χ2v) is 7.78. The summed E-state index contributed by atoms with van der Waals surface area (Å²) >= 11 is 0. The summed E-state index contributed by atoms with van der Waals surface area (Å²) in [7, 11) is 4.33. The van der Waals surface area contributed by atoms with E-state index in [0.29, 0.717) is 40.7 Å². The number of hydrogen-bond donors (Lipinski definition) is 2. The minimum atomic E-state index is -0.550. The molecule has 0 unspecified atom stereocenters. The third-order valence-electron chi connectivity index (χ3n) is 5.22. The Balaban J connectivity index is 1.58. The van der Waals surface area contributed by atoms with Gasteiger partial charge in [-0.3, -0.25) is 9.59 Å². The lowest BCUT2D eigenvalue weighted by Crippen LogP contribution is -2.34. The van der Waals surface area contributed by atoms with Crippen molar-refractivity contribution in [2.45, 2.75) is 6.92 Å². The molecular formula is C28H29N3O8. The first kappa shape index (κ1) is 28.5. The summed E-state index contributed by atoms with van der Waals surface area (Å²) < 4.78 is 26.8. The first-order valence-electron chi connectivity index (χ1n) is 11.8. The number of benzene rings is 3. The van der Waals surface area contributed by atoms with E-state index in [2.05, 4.69) is 15.8 Å². The Morgan fingerprint density at radius 3 is 2.13 bits per heavy atom. The van der Waals surface area contributed by atoms with Crippen LogP contribution in [0, 0.1) is 0 Å². The van der Waals surface area contributed by atoms with Crippen LogP contribution in [-0.2, 0) is 4.79 Å². The van der Waals surface area contributed by atoms with Crippen LogP contribution in [0.15, 0.2) is 65.8 Å². The number of methoxy groups -OCH3 is 3. The third kappa shape index (κ3) is 7.71. The van der Waals surface area contributed by atoms with Gasteiger partial charge < -0.3 is 29.0 Å². The highest BCUT2D eigenvalue weighted by Gasteiger charge is 2.17. The van der Waals surface area contributed by atoms with Gasteiger partial charge in [0.1, 0.15) is 0 Å². The normalized spacial score (nSPS) is 10.5. The molecule has 2 N–H and O–H groups in total. The number of rotatable bonds is 12. The van der Waals surface area contributed by atoms with Gasteiger partial charge in [0.2, 0.25) is 5.75 Å². The average molecular weight is 536 g/mol. The maximum absolute atomic E-state index is 12.5. The number of carbonyl (C=O) groups excluding carboxylic acids is 3. The van der Waals surface area contributed by atoms with Gasteiger partial charge >= 0.3 is 5.97 Å². The predicted molar refractivity (Wildman–Crippen MR) is 143 cm³/mol. The lowest BCUT2D eigenvalue weighted by molar-refractivity contribution is -0.120. The molecule has 0 aliphatic rings. The van der Waals surface area contributed by atoms with Gasteiger partial charge in [0.15, 0.2) is 23.0 Å². The molecule has 0 saturated heterocycles. The molecule has 3 rings (SSSR count). The smallest absolute Gasteiger partial charge is 0.343 e. The van der Waals surface area contributed by atoms with E-state index in [1.165, 1.54) is 39.7 Å². The van der Waals surface area contributed by atoms with Crippen molar-refractivity contribution in [3.63, 3.8) is 0 Å². The van der Waals surface area contributed by atoms with Crippen molar-refractivity contribution in [2.24, 2.45) is 5.10 Å². The molecule has 39 heavy (non-hydrogen) atoms. The van der Waals surface area contributed by atoms with Crippen LogP contribution in [0.4, 0.5) is 0 Å². The average Bonchev–Trinajstić information content (AvgIpc) is 2.96. The summed E-state index contributed by atoms with van der Waals surface area (Å²) in [6.07, 6.45) is 1.39. The first-order valence-corrected chi connectivity index (χ1v) is 11.8. The molecule has 0 heterocycles. The molecule has 3 aromatic rings. The molecular weight excluding hydrogens is 506 g/mol. The van der Waals surface area contributed by atoms with Gasteiger partial charge in [-0.1, -0.05) is 18.2 Å². The monoisotopic (exact) mass is 535 g/mol. The van der Waals surface area contributed by atoms with Crippen molar-refractivity contribution < 1.29 is 38.1 Å². The number of hydrogen-bond acceptors (Lipinski definition) is 9. The van der Waals surface area contributed by atoms with Gasteiger partial charge in [-0.2, -0.15) is 5.10 Å². The van der Waals surface area contributed by atoms with Crippen LogP contribution >= 0.6 is 0 Å². The zero-order valence-corrected chi connectivity index (χ0v) is 22.0. The zero-order valence-electron chi connectivity index (χ0n) is 22.0. The van der Waals surface area contributed by atoms with Crippen LogP contribution in [0.5, 0.6) is 28.7 Å². The fraction of sp³-hybridized carbons (Fsp3) is 0.214. The van der Waals surface area contributed by atoms with Crippen molar-refractivity contribution in [1.29, 1.82) is 0 Å². The summed E-state index contributed by atoms with van der Waals surface area (Å²) in [5.74, 6) is -0.0269. The van der Waals surface area contributed by atoms with Crippen LogP contribution in [-0.4, -0.2) is 58.5 Å². The fourth-order valence-electron chi connectivity index (χ4n) is 3.38. The fourth-order valence-corrected chi connectivity index (χ4v) is 3.38. The van der Waals surface area contributed by atoms with Gasteiger partial charge in [0.25, 0.3) is 11.8 Å². The molecule has 204 valence electrons. The number of nitrogens with zero attached hydrogens (tertiary/aromatic N) is 1. The highest BCUT2D eigenvalue weighted by molar-refractivity contribution is 5.97. The molecule has 2 amide bonds. The number of carbonyl (C=O) groups is 3. The number of ether oxygens (including phenoxy) is 5. The van der Waals surface area contributed by atoms with E-state index in [1.807, 2.05) is 0 Å². The van der Waals surface area contributed by atoms with E-state index < -0.39 is 17.8 Å². The van der Waals surface area contributed by atoms with Gasteiger partial charge in [-0.25, -0.2) is 10.2 Å². The van der Waals surface area contributed by atoms with Gasteiger partial charge in [0.05, 0.1) is 46.3 Å². The molecule has 0 radical (unpaired) electrons. The van der Waals surface area contributed by atoms with Crippen LogP contribution in [0.1, 0.15) is 33.2 Å². The van der Waals surface area contributed by atoms with Crippen LogP contribution < -0.4 is 34.4 Å². The molecule has 0 spiro atoms. The quantitative estimate of drug-likeness (QED) is 0.156. The standard InChI is InChI=1S/C28H29N3O8/c1-5-38-22-13-18(11-12-21(22)39-28(34)19-9-7-6-8-10-19)16-30-31-25(32)17-29-27(33)20-14-23(35-2)26(37-4)24(15-20)36-3/h6-16H,5,17H2,1-4H3,(H,29,33)(H,31,32)/b30-16+. The van der Waals surface area contributed by atoms with Crippen molar-refractivity contribution in [2.75, 3.05) is 34.5 Å². The molecule has 3 aromatic carbocycles. The van der Waals surface area contributed by atoms with Crippen molar-refractivity contribution >= 4 is 24.0 Å². The Morgan fingerprint density at radius 1 is 0.821 bits per heavy atom. The Morgan fingerprint density at radius 2 is 1.51 bits per heavy atom. The van der Waals surface area contributed by atoms with Crippen LogP contribution in [0.3, 0.4) is 0 Å². The molecule has 0 aliphatic carbocycles. The zero-order chi connectivity index (χ0) is 28.2. The second kappa shape index (κ2) is 14.0. The van der Waals surface area contributed by atoms with E-state index in [0.717, 1.165) is 0 Å². The molecule has 0 saturated carbocycles. The highest BCUT2D eigenvalue weighted by atomic mass is 16.6. The Bertz CT molecular complexity index is 1320. The van der Waals surface area contributed by atoms with Crippen molar-refractivity contribution in [3.8, 4) is 28.7 Å². The van der Waals surface area contributed by atoms with E-state index >= 15 is 0 Å². The lowest BCUT2D eigenvalue weighted by Gasteiger charge is -2.14. The lowest BCUT2D eigenvalue weighted by atomic mass is 10.1. The van der Waals surface area contributed by atoms with Crippen molar-refractivity contribution in [1.82, 2.24) is 10.7 Å². The Kier molecular flexibility index (Phi) is 10.3. The maximum Gasteiger partial charge on any atom is 0.343 e. The Hall–Kier alpha value is -5.06. The van der Waals surface area contributed by atoms with Crippen LogP contribution in [0.2, 0.25) is 0 Å². The number of nitrogens with one attached hydrogen (secondary N) is 2. The molecule has 0 bridgehead atoms. The van der Waals surface area contributed by atoms with Gasteiger partial charge in [0, 0.05) is 5.56 Å². The highest BCUT2D eigenvalue weighted by Crippen LogP contribution is 2.38. The maximum atomic E-state index is 12.5. The molecule has 11 heteroatoms. The number of esters is 1. The van der Waals surface area contributed by atoms with E-state index in [9.17, 15) is 14.4 Å². The topological polar surface area (TPSA) is 134 Å². The molecule has 0 atom stereocenters. The molecule has 0 aliphatic heterocycles. The van der Waals surface area contributed by atoms with E-state index in [-0.39, 0.29) is 17.9 Å². The van der Waals surface area contributed by atoms with Crippen LogP contribution in [0.25, 0.3) is 0 Å². The Labute approximate surface area is 225 Å².